The van der Waals surface area contributed by atoms with E-state index in [2.05, 4.69) is 10.6 Å². The highest BCUT2D eigenvalue weighted by molar-refractivity contribution is 5.91. The summed E-state index contributed by atoms with van der Waals surface area (Å²) >= 11 is 0. The van der Waals surface area contributed by atoms with Gasteiger partial charge in [-0.15, -0.1) is 0 Å². The third kappa shape index (κ3) is 6.50. The number of carboxylic acid groups (broad SMARTS) is 1. The van der Waals surface area contributed by atoms with Crippen LogP contribution in [0.15, 0.2) is 18.2 Å². The molecule has 1 aromatic rings. The Balaban J connectivity index is 2.64. The maximum atomic E-state index is 13.0. The normalized spacial score (nSPS) is 10.3. The highest BCUT2D eigenvalue weighted by atomic mass is 19.3. The molecule has 0 saturated heterocycles. The van der Waals surface area contributed by atoms with Crippen LogP contribution in [-0.4, -0.2) is 36.7 Å². The van der Waals surface area contributed by atoms with Crippen LogP contribution < -0.4 is 15.4 Å². The first-order chi connectivity index (χ1) is 9.88. The van der Waals surface area contributed by atoms with Gasteiger partial charge in [-0.3, -0.25) is 4.79 Å². The Hall–Kier alpha value is -2.45. The van der Waals surface area contributed by atoms with Gasteiger partial charge < -0.3 is 20.5 Å². The summed E-state index contributed by atoms with van der Waals surface area (Å²) in [7, 11) is 0. The number of rotatable bonds is 7. The number of nitrogens with one attached hydrogen (secondary N) is 2. The van der Waals surface area contributed by atoms with Crippen molar-refractivity contribution in [3.63, 3.8) is 0 Å². The van der Waals surface area contributed by atoms with Gasteiger partial charge in [0, 0.05) is 12.6 Å². The largest absolute Gasteiger partial charge is 0.485 e. The monoisotopic (exact) mass is 306 g/mol. The van der Waals surface area contributed by atoms with Crippen LogP contribution in [-0.2, 0) is 4.79 Å². The molecule has 6 nitrogen and oxygen atoms in total. The molecule has 0 unspecified atom stereocenters. The molecule has 0 aliphatic carbocycles. The fourth-order valence-electron chi connectivity index (χ4n) is 1.32. The Labute approximate surface area is 117 Å². The predicted octanol–water partition coefficient (Wildman–Crippen LogP) is 2.07. The van der Waals surface area contributed by atoms with E-state index in [0.29, 0.717) is 0 Å². The third-order valence-corrected chi connectivity index (χ3v) is 2.18. The zero-order valence-electron chi connectivity index (χ0n) is 10.7. The summed E-state index contributed by atoms with van der Waals surface area (Å²) in [5, 5.41) is 12.9. The first-order valence-electron chi connectivity index (χ1n) is 5.85. The summed E-state index contributed by atoms with van der Waals surface area (Å²) in [6.45, 7) is -1.06. The maximum Gasteiger partial charge on any atom is 0.319 e. The van der Waals surface area contributed by atoms with Crippen molar-refractivity contribution in [1.29, 1.82) is 0 Å². The number of anilines is 1. The molecule has 0 radical (unpaired) electrons. The van der Waals surface area contributed by atoms with Crippen molar-refractivity contribution >= 4 is 17.7 Å². The summed E-state index contributed by atoms with van der Waals surface area (Å²) in [5.41, 5.74) is -0.00937. The van der Waals surface area contributed by atoms with Gasteiger partial charge >= 0.3 is 12.0 Å². The van der Waals surface area contributed by atoms with E-state index in [1.807, 2.05) is 0 Å². The maximum absolute atomic E-state index is 13.0. The lowest BCUT2D eigenvalue weighted by Crippen LogP contribution is -2.30. The number of amides is 2. The number of carbonyl (C=O) groups is 2. The molecule has 0 bridgehead atoms. The van der Waals surface area contributed by atoms with Gasteiger partial charge in [0.1, 0.15) is 18.2 Å². The van der Waals surface area contributed by atoms with Crippen LogP contribution in [0, 0.1) is 5.82 Å². The van der Waals surface area contributed by atoms with E-state index >= 15 is 0 Å². The quantitative estimate of drug-likeness (QED) is 0.719. The smallest absolute Gasteiger partial charge is 0.319 e. The summed E-state index contributed by atoms with van der Waals surface area (Å²) in [5.74, 6) is -2.04. The fourth-order valence-corrected chi connectivity index (χ4v) is 1.32. The Morgan fingerprint density at radius 1 is 1.33 bits per heavy atom. The lowest BCUT2D eigenvalue weighted by Gasteiger charge is -2.12. The van der Waals surface area contributed by atoms with Crippen molar-refractivity contribution in [1.82, 2.24) is 5.32 Å². The number of ether oxygens (including phenoxy) is 1. The minimum absolute atomic E-state index is 0.00937. The summed E-state index contributed by atoms with van der Waals surface area (Å²) in [6, 6.07) is 2.26. The second kappa shape index (κ2) is 7.98. The van der Waals surface area contributed by atoms with E-state index in [1.54, 1.807) is 0 Å². The molecule has 1 rings (SSSR count). The third-order valence-electron chi connectivity index (χ3n) is 2.18. The van der Waals surface area contributed by atoms with Gasteiger partial charge in [0.25, 0.3) is 6.43 Å². The molecule has 0 aliphatic heterocycles. The summed E-state index contributed by atoms with van der Waals surface area (Å²) in [4.78, 5) is 21.7. The molecule has 0 aliphatic rings. The highest BCUT2D eigenvalue weighted by Crippen LogP contribution is 2.25. The number of alkyl halides is 2. The molecule has 0 heterocycles. The van der Waals surface area contributed by atoms with E-state index < -0.39 is 30.8 Å². The molecule has 2 amide bonds. The van der Waals surface area contributed by atoms with Crippen molar-refractivity contribution in [3.8, 4) is 5.75 Å². The topological polar surface area (TPSA) is 87.7 Å². The average Bonchev–Trinajstić information content (AvgIpc) is 2.38. The van der Waals surface area contributed by atoms with Crippen molar-refractivity contribution in [3.05, 3.63) is 24.0 Å². The standard InChI is InChI=1S/C12H13F3N2O4/c13-7-1-2-8(9(5-7)21-6-10(14)15)17-12(20)16-4-3-11(18)19/h1-2,5,10H,3-4,6H2,(H,18,19)(H2,16,17,20). The van der Waals surface area contributed by atoms with Crippen molar-refractivity contribution < 1.29 is 32.6 Å². The molecule has 116 valence electrons. The molecule has 1 aromatic carbocycles. The van der Waals surface area contributed by atoms with Crippen molar-refractivity contribution in [2.24, 2.45) is 0 Å². The zero-order valence-corrected chi connectivity index (χ0v) is 10.7. The first-order valence-corrected chi connectivity index (χ1v) is 5.85. The Bertz CT molecular complexity index is 511. The molecular weight excluding hydrogens is 293 g/mol. The molecule has 3 N–H and O–H groups in total. The highest BCUT2D eigenvalue weighted by Gasteiger charge is 2.11. The van der Waals surface area contributed by atoms with Gasteiger partial charge in [-0.1, -0.05) is 0 Å². The minimum atomic E-state index is -2.74. The SMILES string of the molecule is O=C(O)CCNC(=O)Nc1ccc(F)cc1OCC(F)F. The molecule has 0 spiro atoms. The Morgan fingerprint density at radius 2 is 2.05 bits per heavy atom. The van der Waals surface area contributed by atoms with Crippen LogP contribution >= 0.6 is 0 Å². The number of aliphatic carboxylic acids is 1. The number of hydrogen-bond acceptors (Lipinski definition) is 3. The molecule has 0 fully saturated rings. The molecule has 0 atom stereocenters. The second-order valence-corrected chi connectivity index (χ2v) is 3.87. The lowest BCUT2D eigenvalue weighted by atomic mass is 10.3. The van der Waals surface area contributed by atoms with E-state index in [1.165, 1.54) is 0 Å². The van der Waals surface area contributed by atoms with E-state index in [-0.39, 0.29) is 24.4 Å². The van der Waals surface area contributed by atoms with Gasteiger partial charge in [-0.2, -0.15) is 0 Å². The molecular formula is C12H13F3N2O4. The van der Waals surface area contributed by atoms with Gasteiger partial charge in [-0.25, -0.2) is 18.0 Å². The second-order valence-electron chi connectivity index (χ2n) is 3.87. The van der Waals surface area contributed by atoms with Crippen LogP contribution in [0.4, 0.5) is 23.7 Å². The number of carbonyl (C=O) groups excluding carboxylic acids is 1. The van der Waals surface area contributed by atoms with Crippen LogP contribution in [0.25, 0.3) is 0 Å². The number of halogens is 3. The number of carboxylic acids is 1. The minimum Gasteiger partial charge on any atom is -0.485 e. The zero-order chi connectivity index (χ0) is 15.8. The van der Waals surface area contributed by atoms with Gasteiger partial charge in [0.2, 0.25) is 0 Å². The number of urea groups is 1. The Morgan fingerprint density at radius 3 is 2.67 bits per heavy atom. The van der Waals surface area contributed by atoms with E-state index in [0.717, 1.165) is 18.2 Å². The van der Waals surface area contributed by atoms with Gasteiger partial charge in [0.05, 0.1) is 12.1 Å². The molecule has 0 aromatic heterocycles. The van der Waals surface area contributed by atoms with Gasteiger partial charge in [-0.05, 0) is 12.1 Å². The average molecular weight is 306 g/mol. The molecule has 21 heavy (non-hydrogen) atoms. The van der Waals surface area contributed by atoms with Gasteiger partial charge in [0.15, 0.2) is 0 Å². The first kappa shape index (κ1) is 16.6. The Kier molecular flexibility index (Phi) is 6.31. The number of benzene rings is 1. The van der Waals surface area contributed by atoms with Crippen LogP contribution in [0.3, 0.4) is 0 Å². The van der Waals surface area contributed by atoms with Crippen LogP contribution in [0.1, 0.15) is 6.42 Å². The van der Waals surface area contributed by atoms with Crippen molar-refractivity contribution in [2.45, 2.75) is 12.8 Å². The summed E-state index contributed by atoms with van der Waals surface area (Å²) < 4.78 is 41.9. The summed E-state index contributed by atoms with van der Waals surface area (Å²) in [6.07, 6.45) is -3.02. The molecule has 0 saturated carbocycles. The fraction of sp³-hybridized carbons (Fsp3) is 0.333. The molecule has 9 heteroatoms. The lowest BCUT2D eigenvalue weighted by molar-refractivity contribution is -0.136. The number of hydrogen-bond donors (Lipinski definition) is 3. The van der Waals surface area contributed by atoms with Crippen LogP contribution in [0.5, 0.6) is 5.75 Å². The van der Waals surface area contributed by atoms with E-state index in [9.17, 15) is 22.8 Å². The predicted molar refractivity (Wildman–Crippen MR) is 67.2 cm³/mol. The van der Waals surface area contributed by atoms with Crippen molar-refractivity contribution in [2.75, 3.05) is 18.5 Å². The van der Waals surface area contributed by atoms with Crippen LogP contribution in [0.2, 0.25) is 0 Å². The van der Waals surface area contributed by atoms with E-state index in [4.69, 9.17) is 9.84 Å².